The summed E-state index contributed by atoms with van der Waals surface area (Å²) in [5.41, 5.74) is -0.433. The normalized spacial score (nSPS) is 30.6. The van der Waals surface area contributed by atoms with Crippen LogP contribution in [0.25, 0.3) is 0 Å². The van der Waals surface area contributed by atoms with Crippen molar-refractivity contribution in [2.75, 3.05) is 54.1 Å². The second kappa shape index (κ2) is 6.83. The van der Waals surface area contributed by atoms with Crippen molar-refractivity contribution in [3.8, 4) is 0 Å². The number of aliphatic hydroxyl groups excluding tert-OH is 1. The fraction of sp³-hybridized carbons (Fsp3) is 0.938. The van der Waals surface area contributed by atoms with Crippen molar-refractivity contribution in [2.45, 2.75) is 37.9 Å². The molecule has 2 rings (SSSR count). The van der Waals surface area contributed by atoms with Gasteiger partial charge in [-0.05, 0) is 26.8 Å². The average Bonchev–Trinajstić information content (AvgIpc) is 2.52. The SMILES string of the molecule is COCCN(C)CC(=O)N1CCC2(CC1)[C@H](O)C[C@]2(C)OC. The second-order valence-corrected chi connectivity index (χ2v) is 6.92. The summed E-state index contributed by atoms with van der Waals surface area (Å²) in [6.07, 6.45) is 2.01. The minimum absolute atomic E-state index is 0.154. The average molecular weight is 314 g/mol. The molecule has 2 fully saturated rings. The number of hydrogen-bond acceptors (Lipinski definition) is 5. The molecule has 0 radical (unpaired) electrons. The van der Waals surface area contributed by atoms with Crippen molar-refractivity contribution < 1.29 is 19.4 Å². The van der Waals surface area contributed by atoms with Crippen molar-refractivity contribution in [2.24, 2.45) is 5.41 Å². The van der Waals surface area contributed by atoms with E-state index < -0.39 is 0 Å². The van der Waals surface area contributed by atoms with E-state index in [2.05, 4.69) is 6.92 Å². The van der Waals surface area contributed by atoms with Crippen molar-refractivity contribution >= 4 is 5.91 Å². The summed E-state index contributed by atoms with van der Waals surface area (Å²) in [5.74, 6) is 0.154. The molecule has 22 heavy (non-hydrogen) atoms. The Hall–Kier alpha value is -0.690. The summed E-state index contributed by atoms with van der Waals surface area (Å²) in [5, 5.41) is 10.3. The predicted molar refractivity (Wildman–Crippen MR) is 83.7 cm³/mol. The van der Waals surface area contributed by atoms with E-state index in [9.17, 15) is 9.90 Å². The summed E-state index contributed by atoms with van der Waals surface area (Å²) in [4.78, 5) is 16.2. The lowest BCUT2D eigenvalue weighted by molar-refractivity contribution is -0.261. The van der Waals surface area contributed by atoms with Gasteiger partial charge in [-0.3, -0.25) is 9.69 Å². The summed E-state index contributed by atoms with van der Waals surface area (Å²) in [6.45, 7) is 5.28. The monoisotopic (exact) mass is 314 g/mol. The highest BCUT2D eigenvalue weighted by Crippen LogP contribution is 2.57. The molecule has 0 aromatic heterocycles. The number of amides is 1. The molecule has 1 N–H and O–H groups in total. The molecule has 6 nitrogen and oxygen atoms in total. The third-order valence-electron chi connectivity index (χ3n) is 5.82. The Kier molecular flexibility index (Phi) is 5.48. The molecular weight excluding hydrogens is 284 g/mol. The predicted octanol–water partition coefficient (Wildman–Crippen LogP) is 0.343. The number of carbonyl (C=O) groups excluding carboxylic acids is 1. The van der Waals surface area contributed by atoms with E-state index in [4.69, 9.17) is 9.47 Å². The van der Waals surface area contributed by atoms with Gasteiger partial charge in [0.05, 0.1) is 24.9 Å². The number of methoxy groups -OCH3 is 2. The summed E-state index contributed by atoms with van der Waals surface area (Å²) < 4.78 is 10.7. The van der Waals surface area contributed by atoms with Crippen LogP contribution < -0.4 is 0 Å². The molecule has 6 heteroatoms. The zero-order valence-electron chi connectivity index (χ0n) is 14.3. The maximum absolute atomic E-state index is 12.4. The molecule has 0 aromatic carbocycles. The summed E-state index contributed by atoms with van der Waals surface area (Å²) >= 11 is 0. The van der Waals surface area contributed by atoms with Gasteiger partial charge >= 0.3 is 0 Å². The van der Waals surface area contributed by atoms with E-state index >= 15 is 0 Å². The van der Waals surface area contributed by atoms with Crippen molar-refractivity contribution in [3.05, 3.63) is 0 Å². The van der Waals surface area contributed by atoms with Crippen molar-refractivity contribution in [1.29, 1.82) is 0 Å². The first-order valence-electron chi connectivity index (χ1n) is 8.07. The van der Waals surface area contributed by atoms with Gasteiger partial charge in [-0.15, -0.1) is 0 Å². The topological polar surface area (TPSA) is 62.2 Å². The lowest BCUT2D eigenvalue weighted by Gasteiger charge is -2.62. The smallest absolute Gasteiger partial charge is 0.236 e. The Balaban J connectivity index is 1.85. The quantitative estimate of drug-likeness (QED) is 0.766. The number of hydrogen-bond donors (Lipinski definition) is 1. The molecule has 1 amide bonds. The van der Waals surface area contributed by atoms with Gasteiger partial charge in [0.2, 0.25) is 5.91 Å². The Morgan fingerprint density at radius 2 is 2.00 bits per heavy atom. The van der Waals surface area contributed by atoms with E-state index in [0.29, 0.717) is 32.7 Å². The fourth-order valence-corrected chi connectivity index (χ4v) is 3.95. The van der Waals surface area contributed by atoms with Crippen LogP contribution in [0.3, 0.4) is 0 Å². The van der Waals surface area contributed by atoms with E-state index in [1.54, 1.807) is 14.2 Å². The molecular formula is C16H30N2O4. The van der Waals surface area contributed by atoms with Crippen molar-refractivity contribution in [1.82, 2.24) is 9.80 Å². The Bertz CT molecular complexity index is 396. The summed E-state index contributed by atoms with van der Waals surface area (Å²) in [7, 11) is 5.31. The molecule has 0 bridgehead atoms. The number of nitrogens with zero attached hydrogens (tertiary/aromatic N) is 2. The third-order valence-corrected chi connectivity index (χ3v) is 5.82. The molecule has 2 aliphatic rings. The van der Waals surface area contributed by atoms with Gasteiger partial charge in [-0.1, -0.05) is 0 Å². The molecule has 1 spiro atoms. The van der Waals surface area contributed by atoms with Gasteiger partial charge in [0.1, 0.15) is 0 Å². The highest BCUT2D eigenvalue weighted by atomic mass is 16.5. The Morgan fingerprint density at radius 1 is 1.36 bits per heavy atom. The van der Waals surface area contributed by atoms with Crippen LogP contribution in [0, 0.1) is 5.41 Å². The largest absolute Gasteiger partial charge is 0.392 e. The van der Waals surface area contributed by atoms with Gasteiger partial charge in [0, 0.05) is 45.7 Å². The zero-order chi connectivity index (χ0) is 16.4. The third kappa shape index (κ3) is 3.02. The maximum atomic E-state index is 12.4. The van der Waals surface area contributed by atoms with Crippen LogP contribution in [0.15, 0.2) is 0 Å². The molecule has 1 saturated carbocycles. The minimum atomic E-state index is -0.306. The number of likely N-dealkylation sites (N-methyl/N-ethyl adjacent to an activating group) is 1. The summed E-state index contributed by atoms with van der Waals surface area (Å²) in [6, 6.07) is 0. The van der Waals surface area contributed by atoms with Crippen LogP contribution in [0.5, 0.6) is 0 Å². The van der Waals surface area contributed by atoms with E-state index in [1.807, 2.05) is 16.8 Å². The van der Waals surface area contributed by atoms with Gasteiger partial charge < -0.3 is 19.5 Å². The molecule has 1 aliphatic carbocycles. The molecule has 1 heterocycles. The minimum Gasteiger partial charge on any atom is -0.392 e. The maximum Gasteiger partial charge on any atom is 0.236 e. The number of likely N-dealkylation sites (tertiary alicyclic amines) is 1. The van der Waals surface area contributed by atoms with E-state index in [-0.39, 0.29) is 23.0 Å². The van der Waals surface area contributed by atoms with Crippen LogP contribution in [0.4, 0.5) is 0 Å². The molecule has 128 valence electrons. The molecule has 1 aliphatic heterocycles. The van der Waals surface area contributed by atoms with Gasteiger partial charge in [0.15, 0.2) is 0 Å². The number of carbonyl (C=O) groups is 1. The van der Waals surface area contributed by atoms with Gasteiger partial charge in [-0.2, -0.15) is 0 Å². The van der Waals surface area contributed by atoms with Gasteiger partial charge in [0.25, 0.3) is 0 Å². The zero-order valence-corrected chi connectivity index (χ0v) is 14.3. The Labute approximate surface area is 133 Å². The standard InChI is InChI=1S/C16H30N2O4/c1-15(22-4)11-13(19)16(15)5-7-18(8-6-16)14(20)12-17(2)9-10-21-3/h13,19H,5-12H2,1-4H3/t13-,15+/m1/s1. The lowest BCUT2D eigenvalue weighted by atomic mass is 9.51. The number of aliphatic hydroxyl groups is 1. The molecule has 2 atom stereocenters. The van der Waals surface area contributed by atoms with Crippen LogP contribution in [0.1, 0.15) is 26.2 Å². The van der Waals surface area contributed by atoms with E-state index in [1.165, 1.54) is 0 Å². The second-order valence-electron chi connectivity index (χ2n) is 6.92. The highest BCUT2D eigenvalue weighted by Gasteiger charge is 2.63. The van der Waals surface area contributed by atoms with Crippen LogP contribution >= 0.6 is 0 Å². The molecule has 1 saturated heterocycles. The highest BCUT2D eigenvalue weighted by molar-refractivity contribution is 5.78. The van der Waals surface area contributed by atoms with Crippen LogP contribution in [-0.4, -0.2) is 86.6 Å². The number of ether oxygens (including phenoxy) is 2. The van der Waals surface area contributed by atoms with Gasteiger partial charge in [-0.25, -0.2) is 0 Å². The number of piperidine rings is 1. The van der Waals surface area contributed by atoms with Crippen molar-refractivity contribution in [3.63, 3.8) is 0 Å². The van der Waals surface area contributed by atoms with Crippen LogP contribution in [0.2, 0.25) is 0 Å². The number of rotatable bonds is 6. The fourth-order valence-electron chi connectivity index (χ4n) is 3.95. The van der Waals surface area contributed by atoms with Crippen LogP contribution in [-0.2, 0) is 14.3 Å². The Morgan fingerprint density at radius 3 is 2.50 bits per heavy atom. The molecule has 0 aromatic rings. The molecule has 0 unspecified atom stereocenters. The van der Waals surface area contributed by atoms with E-state index in [0.717, 1.165) is 19.4 Å². The lowest BCUT2D eigenvalue weighted by Crippen LogP contribution is -2.69. The first kappa shape index (κ1) is 17.7. The first-order valence-corrected chi connectivity index (χ1v) is 8.07. The first-order chi connectivity index (χ1) is 10.4.